The average molecular weight is 507 g/mol. The molecule has 2 aromatic carbocycles. The second kappa shape index (κ2) is 12.5. The Morgan fingerprint density at radius 1 is 0.838 bits per heavy atom. The fraction of sp³-hybridized carbons (Fsp3) is 0.533. The lowest BCUT2D eigenvalue weighted by atomic mass is 9.91. The van der Waals surface area contributed by atoms with Crippen molar-refractivity contribution in [2.45, 2.75) is 76.6 Å². The molecule has 7 nitrogen and oxygen atoms in total. The van der Waals surface area contributed by atoms with E-state index in [2.05, 4.69) is 39.8 Å². The molecule has 0 unspecified atom stereocenters. The lowest BCUT2D eigenvalue weighted by Gasteiger charge is -2.43. The predicted octanol–water partition coefficient (Wildman–Crippen LogP) is 5.65. The molecule has 1 aliphatic carbocycles. The molecular formula is C30H42N4O3. The fourth-order valence-electron chi connectivity index (χ4n) is 5.39. The molecular weight excluding hydrogens is 464 g/mol. The van der Waals surface area contributed by atoms with Crippen LogP contribution in [-0.4, -0.2) is 59.7 Å². The molecule has 1 saturated heterocycles. The maximum atomic E-state index is 13.3. The van der Waals surface area contributed by atoms with E-state index in [1.54, 1.807) is 4.90 Å². The summed E-state index contributed by atoms with van der Waals surface area (Å²) in [4.78, 5) is 30.1. The van der Waals surface area contributed by atoms with Crippen LogP contribution in [0.15, 0.2) is 60.7 Å². The average Bonchev–Trinajstić information content (AvgIpc) is 2.89. The fourth-order valence-corrected chi connectivity index (χ4v) is 5.39. The van der Waals surface area contributed by atoms with Crippen LogP contribution in [0.1, 0.15) is 76.1 Å². The number of amides is 3. The largest absolute Gasteiger partial charge is 0.444 e. The van der Waals surface area contributed by atoms with Crippen molar-refractivity contribution in [3.63, 3.8) is 0 Å². The van der Waals surface area contributed by atoms with Gasteiger partial charge in [-0.3, -0.25) is 4.90 Å². The highest BCUT2D eigenvalue weighted by atomic mass is 16.6. The predicted molar refractivity (Wildman–Crippen MR) is 146 cm³/mol. The van der Waals surface area contributed by atoms with E-state index in [1.807, 2.05) is 57.2 Å². The Morgan fingerprint density at radius 2 is 1.41 bits per heavy atom. The van der Waals surface area contributed by atoms with Crippen LogP contribution in [0.4, 0.5) is 9.59 Å². The molecule has 2 N–H and O–H groups in total. The first-order valence-electron chi connectivity index (χ1n) is 13.7. The topological polar surface area (TPSA) is 73.9 Å². The summed E-state index contributed by atoms with van der Waals surface area (Å²) in [6.45, 7) is 8.20. The number of benzene rings is 2. The van der Waals surface area contributed by atoms with Crippen LogP contribution in [0.5, 0.6) is 0 Å². The highest BCUT2D eigenvalue weighted by Gasteiger charge is 2.35. The van der Waals surface area contributed by atoms with E-state index in [-0.39, 0.29) is 30.2 Å². The van der Waals surface area contributed by atoms with Gasteiger partial charge in [0.2, 0.25) is 0 Å². The number of rotatable bonds is 6. The molecule has 1 aliphatic heterocycles. The number of piperazine rings is 1. The maximum absolute atomic E-state index is 13.3. The summed E-state index contributed by atoms with van der Waals surface area (Å²) < 4.78 is 5.60. The second-order valence-corrected chi connectivity index (χ2v) is 11.2. The van der Waals surface area contributed by atoms with Crippen LogP contribution in [0.25, 0.3) is 0 Å². The lowest BCUT2D eigenvalue weighted by Crippen LogP contribution is -2.53. The molecule has 200 valence electrons. The van der Waals surface area contributed by atoms with Crippen molar-refractivity contribution in [1.82, 2.24) is 20.4 Å². The Kier molecular flexibility index (Phi) is 9.09. The summed E-state index contributed by atoms with van der Waals surface area (Å²) in [5, 5.41) is 6.58. The van der Waals surface area contributed by atoms with Gasteiger partial charge >= 0.3 is 12.1 Å². The molecule has 4 rings (SSSR count). The molecule has 2 aliphatic rings. The minimum Gasteiger partial charge on any atom is -0.444 e. The minimum absolute atomic E-state index is 0.0820. The van der Waals surface area contributed by atoms with E-state index < -0.39 is 5.60 Å². The van der Waals surface area contributed by atoms with Crippen LogP contribution in [0.3, 0.4) is 0 Å². The molecule has 3 amide bonds. The van der Waals surface area contributed by atoms with Gasteiger partial charge in [0, 0.05) is 32.2 Å². The monoisotopic (exact) mass is 506 g/mol. The quantitative estimate of drug-likeness (QED) is 0.531. The van der Waals surface area contributed by atoms with Gasteiger partial charge in [-0.25, -0.2) is 9.59 Å². The third-order valence-electron chi connectivity index (χ3n) is 7.20. The first-order chi connectivity index (χ1) is 17.8. The normalized spacial score (nSPS) is 19.1. The van der Waals surface area contributed by atoms with Gasteiger partial charge < -0.3 is 20.3 Å². The number of carbonyl (C=O) groups is 2. The Labute approximate surface area is 221 Å². The van der Waals surface area contributed by atoms with E-state index in [9.17, 15) is 9.59 Å². The van der Waals surface area contributed by atoms with Gasteiger partial charge in [0.15, 0.2) is 0 Å². The van der Waals surface area contributed by atoms with E-state index in [0.29, 0.717) is 26.2 Å². The van der Waals surface area contributed by atoms with Gasteiger partial charge in [-0.1, -0.05) is 79.9 Å². The molecule has 0 radical (unpaired) electrons. The van der Waals surface area contributed by atoms with Gasteiger partial charge in [-0.15, -0.1) is 0 Å². The van der Waals surface area contributed by atoms with Crippen molar-refractivity contribution >= 4 is 12.1 Å². The number of ether oxygens (including phenoxy) is 1. The molecule has 7 heteroatoms. The zero-order valence-electron chi connectivity index (χ0n) is 22.5. The number of hydrogen-bond acceptors (Lipinski definition) is 4. The molecule has 37 heavy (non-hydrogen) atoms. The molecule has 0 aromatic heterocycles. The summed E-state index contributed by atoms with van der Waals surface area (Å²) in [5.41, 5.74) is 1.68. The molecule has 1 saturated carbocycles. The third-order valence-corrected chi connectivity index (χ3v) is 7.20. The van der Waals surface area contributed by atoms with Gasteiger partial charge in [-0.2, -0.15) is 0 Å². The molecule has 0 spiro atoms. The Hall–Kier alpha value is -3.06. The molecule has 0 bridgehead atoms. The zero-order chi connectivity index (χ0) is 26.3. The number of nitrogens with one attached hydrogen (secondary N) is 2. The molecule has 2 aromatic rings. The number of hydrogen-bond donors (Lipinski definition) is 2. The van der Waals surface area contributed by atoms with Crippen LogP contribution in [0.2, 0.25) is 0 Å². The van der Waals surface area contributed by atoms with Gasteiger partial charge in [0.05, 0.1) is 12.1 Å². The van der Waals surface area contributed by atoms with Crippen molar-refractivity contribution in [3.05, 3.63) is 71.8 Å². The number of carbonyl (C=O) groups excluding carboxylic acids is 2. The van der Waals surface area contributed by atoms with Crippen molar-refractivity contribution in [2.75, 3.05) is 26.2 Å². The highest BCUT2D eigenvalue weighted by Crippen LogP contribution is 2.35. The van der Waals surface area contributed by atoms with E-state index in [1.165, 1.54) is 19.3 Å². The van der Waals surface area contributed by atoms with Crippen molar-refractivity contribution in [1.29, 1.82) is 0 Å². The third kappa shape index (κ3) is 7.71. The van der Waals surface area contributed by atoms with E-state index in [0.717, 1.165) is 24.0 Å². The molecule has 2 atom stereocenters. The Morgan fingerprint density at radius 3 is 1.97 bits per heavy atom. The van der Waals surface area contributed by atoms with Crippen LogP contribution < -0.4 is 10.6 Å². The van der Waals surface area contributed by atoms with Gasteiger partial charge in [0.1, 0.15) is 5.60 Å². The summed E-state index contributed by atoms with van der Waals surface area (Å²) in [7, 11) is 0. The van der Waals surface area contributed by atoms with E-state index in [4.69, 9.17) is 4.74 Å². The second-order valence-electron chi connectivity index (χ2n) is 11.2. The summed E-state index contributed by atoms with van der Waals surface area (Å²) in [5.74, 6) is 0. The standard InChI is InChI=1S/C30H42N4O3/c1-30(2,3)37-29(36)34-21-19-33(20-22-34)27(24-15-9-5-10-16-24)26(23-13-7-4-8-14-23)32-28(35)31-25-17-11-6-12-18-25/h4-5,7-10,13-16,25-27H,6,11-12,17-22H2,1-3H3,(H2,31,32,35)/t26-,27+/m0/s1. The molecule has 2 fully saturated rings. The maximum Gasteiger partial charge on any atom is 0.410 e. The minimum atomic E-state index is -0.519. The number of nitrogens with zero attached hydrogens (tertiary/aromatic N) is 2. The number of urea groups is 1. The SMILES string of the molecule is CC(C)(C)OC(=O)N1CCN([C@H](c2ccccc2)[C@@H](NC(=O)NC2CCCCC2)c2ccccc2)CC1. The van der Waals surface area contributed by atoms with Gasteiger partial charge in [-0.05, 0) is 44.7 Å². The first-order valence-corrected chi connectivity index (χ1v) is 13.7. The van der Waals surface area contributed by atoms with Crippen LogP contribution in [-0.2, 0) is 4.74 Å². The zero-order valence-corrected chi connectivity index (χ0v) is 22.5. The van der Waals surface area contributed by atoms with Crippen LogP contribution in [0, 0.1) is 0 Å². The van der Waals surface area contributed by atoms with E-state index >= 15 is 0 Å². The first kappa shape index (κ1) is 27.0. The summed E-state index contributed by atoms with van der Waals surface area (Å²) >= 11 is 0. The smallest absolute Gasteiger partial charge is 0.410 e. The van der Waals surface area contributed by atoms with Gasteiger partial charge in [0.25, 0.3) is 0 Å². The van der Waals surface area contributed by atoms with Crippen molar-refractivity contribution in [2.24, 2.45) is 0 Å². The Bertz CT molecular complexity index is 994. The Balaban J connectivity index is 1.56. The van der Waals surface area contributed by atoms with Crippen LogP contribution >= 0.6 is 0 Å². The summed E-state index contributed by atoms with van der Waals surface area (Å²) in [6, 6.07) is 20.3. The van der Waals surface area contributed by atoms with Crippen molar-refractivity contribution < 1.29 is 14.3 Å². The lowest BCUT2D eigenvalue weighted by molar-refractivity contribution is 0.00813. The molecule has 1 heterocycles. The highest BCUT2D eigenvalue weighted by molar-refractivity contribution is 5.75. The van der Waals surface area contributed by atoms with Crippen molar-refractivity contribution in [3.8, 4) is 0 Å². The summed E-state index contributed by atoms with van der Waals surface area (Å²) in [6.07, 6.45) is 5.39.